The van der Waals surface area contributed by atoms with Crippen LogP contribution in [0.2, 0.25) is 5.02 Å². The van der Waals surface area contributed by atoms with Crippen molar-refractivity contribution in [2.24, 2.45) is 5.92 Å². The summed E-state index contributed by atoms with van der Waals surface area (Å²) in [6.45, 7) is 11.9. The van der Waals surface area contributed by atoms with Gasteiger partial charge in [-0.2, -0.15) is 8.78 Å². The van der Waals surface area contributed by atoms with Gasteiger partial charge in [0.25, 0.3) is 0 Å². The molecule has 1 saturated heterocycles. The Morgan fingerprint density at radius 2 is 2.19 bits per heavy atom. The van der Waals surface area contributed by atoms with E-state index in [1.165, 1.54) is 23.9 Å². The summed E-state index contributed by atoms with van der Waals surface area (Å²) in [5.41, 5.74) is 0.822. The first kappa shape index (κ1) is 29.3. The SMILES string of the molecule is C=C(C)S/C(=C(/Oc1ccc(NS(=O)C(F)F)c(Cl)c1)C(C)CC)c1ccnc(NC2CCCNC2)n1. The van der Waals surface area contributed by atoms with E-state index < -0.39 is 16.7 Å². The van der Waals surface area contributed by atoms with Crippen LogP contribution in [0.3, 0.4) is 0 Å². The Bertz CT molecular complexity index is 1150. The highest BCUT2D eigenvalue weighted by Crippen LogP contribution is 2.39. The number of ether oxygens (including phenoxy) is 1. The van der Waals surface area contributed by atoms with E-state index in [0.717, 1.165) is 42.2 Å². The van der Waals surface area contributed by atoms with Gasteiger partial charge < -0.3 is 15.4 Å². The van der Waals surface area contributed by atoms with Gasteiger partial charge in [0.1, 0.15) is 11.5 Å². The lowest BCUT2D eigenvalue weighted by Gasteiger charge is -2.24. The maximum absolute atomic E-state index is 12.7. The average molecular weight is 572 g/mol. The van der Waals surface area contributed by atoms with Crippen LogP contribution in [-0.2, 0) is 11.0 Å². The zero-order valence-electron chi connectivity index (χ0n) is 21.0. The van der Waals surface area contributed by atoms with E-state index in [0.29, 0.717) is 23.2 Å². The molecule has 1 aromatic heterocycles. The van der Waals surface area contributed by atoms with E-state index in [1.807, 2.05) is 19.9 Å². The summed E-state index contributed by atoms with van der Waals surface area (Å²) >= 11 is 7.74. The normalized spacial score (nSPS) is 18.1. The third-order valence-electron chi connectivity index (χ3n) is 5.62. The van der Waals surface area contributed by atoms with Crippen LogP contribution in [0.5, 0.6) is 5.75 Å². The second-order valence-corrected chi connectivity index (χ2v) is 11.5. The average Bonchev–Trinajstić information content (AvgIpc) is 2.87. The highest BCUT2D eigenvalue weighted by molar-refractivity contribution is 8.11. The maximum Gasteiger partial charge on any atom is 0.330 e. The quantitative estimate of drug-likeness (QED) is 0.246. The van der Waals surface area contributed by atoms with Crippen molar-refractivity contribution < 1.29 is 17.7 Å². The van der Waals surface area contributed by atoms with Crippen molar-refractivity contribution >= 4 is 50.9 Å². The topological polar surface area (TPSA) is 88.2 Å². The summed E-state index contributed by atoms with van der Waals surface area (Å²) in [7, 11) is -2.56. The Labute approximate surface area is 228 Å². The van der Waals surface area contributed by atoms with E-state index in [4.69, 9.17) is 21.3 Å². The fraction of sp³-hybridized carbons (Fsp3) is 0.440. The van der Waals surface area contributed by atoms with Gasteiger partial charge in [0.15, 0.2) is 11.0 Å². The number of nitrogens with one attached hydrogen (secondary N) is 3. The smallest absolute Gasteiger partial charge is 0.330 e. The largest absolute Gasteiger partial charge is 0.460 e. The van der Waals surface area contributed by atoms with E-state index in [2.05, 4.69) is 33.8 Å². The second-order valence-electron chi connectivity index (χ2n) is 8.66. The van der Waals surface area contributed by atoms with Gasteiger partial charge in [0, 0.05) is 30.8 Å². The summed E-state index contributed by atoms with van der Waals surface area (Å²) in [5, 5.41) is 6.90. The summed E-state index contributed by atoms with van der Waals surface area (Å²) in [5.74, 6) is -1.39. The van der Waals surface area contributed by atoms with Gasteiger partial charge in [-0.3, -0.25) is 4.72 Å². The van der Waals surface area contributed by atoms with Crippen LogP contribution in [0.1, 0.15) is 45.7 Å². The molecule has 0 aliphatic carbocycles. The summed E-state index contributed by atoms with van der Waals surface area (Å²) in [6.07, 6.45) is 4.64. The molecule has 0 bridgehead atoms. The van der Waals surface area contributed by atoms with Gasteiger partial charge in [-0.25, -0.2) is 14.2 Å². The molecule has 0 amide bonds. The number of anilines is 2. The number of allylic oxidation sites excluding steroid dienone is 2. The Morgan fingerprint density at radius 1 is 1.41 bits per heavy atom. The molecular formula is C25H32ClF2N5O2S2. The zero-order chi connectivity index (χ0) is 26.9. The van der Waals surface area contributed by atoms with E-state index in [1.54, 1.807) is 12.3 Å². The molecule has 0 radical (unpaired) electrons. The number of alkyl halides is 2. The molecule has 3 unspecified atom stereocenters. The number of aromatic nitrogens is 2. The van der Waals surface area contributed by atoms with Crippen molar-refractivity contribution in [3.05, 3.63) is 58.4 Å². The lowest BCUT2D eigenvalue weighted by Crippen LogP contribution is -2.38. The van der Waals surface area contributed by atoms with Gasteiger partial charge in [0.2, 0.25) is 5.95 Å². The number of benzene rings is 1. The lowest BCUT2D eigenvalue weighted by atomic mass is 10.1. The van der Waals surface area contributed by atoms with E-state index >= 15 is 0 Å². The molecule has 2 heterocycles. The molecule has 0 spiro atoms. The fourth-order valence-electron chi connectivity index (χ4n) is 3.59. The molecule has 1 fully saturated rings. The summed E-state index contributed by atoms with van der Waals surface area (Å²) in [4.78, 5) is 10.9. The Kier molecular flexibility index (Phi) is 11.2. The van der Waals surface area contributed by atoms with Crippen molar-refractivity contribution in [1.29, 1.82) is 0 Å². The number of piperidine rings is 1. The predicted molar refractivity (Wildman–Crippen MR) is 150 cm³/mol. The second kappa shape index (κ2) is 14.1. The molecule has 202 valence electrons. The van der Waals surface area contributed by atoms with Crippen molar-refractivity contribution in [3.63, 3.8) is 0 Å². The maximum atomic E-state index is 12.7. The first-order chi connectivity index (χ1) is 17.7. The molecule has 0 saturated carbocycles. The highest BCUT2D eigenvalue weighted by atomic mass is 35.5. The van der Waals surface area contributed by atoms with E-state index in [9.17, 15) is 13.0 Å². The van der Waals surface area contributed by atoms with Crippen molar-refractivity contribution in [1.82, 2.24) is 15.3 Å². The van der Waals surface area contributed by atoms with Crippen LogP contribution in [-0.4, -0.2) is 39.1 Å². The molecule has 2 aromatic rings. The third kappa shape index (κ3) is 8.66. The monoisotopic (exact) mass is 571 g/mol. The molecule has 37 heavy (non-hydrogen) atoms. The predicted octanol–water partition coefficient (Wildman–Crippen LogP) is 6.65. The van der Waals surface area contributed by atoms with Crippen LogP contribution in [0, 0.1) is 5.92 Å². The van der Waals surface area contributed by atoms with Gasteiger partial charge in [-0.1, -0.05) is 43.8 Å². The molecule has 1 aliphatic heterocycles. The summed E-state index contributed by atoms with van der Waals surface area (Å²) < 4.78 is 45.4. The number of halogens is 3. The number of hydrogen-bond donors (Lipinski definition) is 3. The van der Waals surface area contributed by atoms with Gasteiger partial charge in [0.05, 0.1) is 21.3 Å². The molecule has 3 atom stereocenters. The minimum absolute atomic E-state index is 0.0127. The number of nitrogens with zero attached hydrogens (tertiary/aromatic N) is 2. The zero-order valence-corrected chi connectivity index (χ0v) is 23.4. The minimum Gasteiger partial charge on any atom is -0.460 e. The Balaban J connectivity index is 1.96. The highest BCUT2D eigenvalue weighted by Gasteiger charge is 2.22. The van der Waals surface area contributed by atoms with Crippen LogP contribution < -0.4 is 20.1 Å². The molecule has 1 aromatic carbocycles. The van der Waals surface area contributed by atoms with Crippen molar-refractivity contribution in [2.75, 3.05) is 23.1 Å². The number of rotatable bonds is 12. The van der Waals surface area contributed by atoms with Crippen molar-refractivity contribution in [2.45, 2.75) is 51.8 Å². The summed E-state index contributed by atoms with van der Waals surface area (Å²) in [6, 6.07) is 6.64. The first-order valence-electron chi connectivity index (χ1n) is 12.0. The van der Waals surface area contributed by atoms with Crippen molar-refractivity contribution in [3.8, 4) is 5.75 Å². The van der Waals surface area contributed by atoms with Crippen LogP contribution >= 0.6 is 23.4 Å². The van der Waals surface area contributed by atoms with Crippen LogP contribution in [0.25, 0.3) is 4.91 Å². The standard InChI is InChI=1S/C25H32ClF2N5O2S2/c1-5-16(4)22(35-18-8-9-20(19(26)13-18)33-37(34)24(27)28)23(36-15(2)3)21-10-12-30-25(32-21)31-17-7-6-11-29-14-17/h8-10,12-13,16-17,24,29,33H,2,5-7,11,14H2,1,3-4H3,(H,30,31,32)/b23-22+. The van der Waals surface area contributed by atoms with E-state index in [-0.39, 0.29) is 22.7 Å². The molecule has 7 nitrogen and oxygen atoms in total. The lowest BCUT2D eigenvalue weighted by molar-refractivity contribution is 0.244. The van der Waals surface area contributed by atoms with Gasteiger partial charge in [-0.05, 0) is 55.8 Å². The Hall–Kier alpha value is -2.21. The fourth-order valence-corrected chi connectivity index (χ4v) is 5.26. The molecular weight excluding hydrogens is 540 g/mol. The molecule has 1 aliphatic rings. The number of thioether (sulfide) groups is 1. The first-order valence-corrected chi connectivity index (χ1v) is 14.4. The van der Waals surface area contributed by atoms with Gasteiger partial charge in [-0.15, -0.1) is 0 Å². The van der Waals surface area contributed by atoms with Crippen LogP contribution in [0.4, 0.5) is 20.4 Å². The molecule has 3 rings (SSSR count). The molecule has 3 N–H and O–H groups in total. The van der Waals surface area contributed by atoms with Gasteiger partial charge >= 0.3 is 5.76 Å². The molecule has 12 heteroatoms. The number of hydrogen-bond acceptors (Lipinski definition) is 7. The van der Waals surface area contributed by atoms with Crippen LogP contribution in [0.15, 0.2) is 47.7 Å². The minimum atomic E-state index is -3.03. The third-order valence-corrected chi connectivity index (χ3v) is 7.64. The Morgan fingerprint density at radius 3 is 2.81 bits per heavy atom.